The Morgan fingerprint density at radius 1 is 1.25 bits per heavy atom. The Labute approximate surface area is 91.4 Å². The first-order chi connectivity index (χ1) is 7.42. The van der Waals surface area contributed by atoms with Crippen molar-refractivity contribution in [2.24, 2.45) is 5.73 Å². The van der Waals surface area contributed by atoms with E-state index in [2.05, 4.69) is 0 Å². The smallest absolute Gasteiger partial charge is 0.325 e. The molecule has 1 fully saturated rings. The van der Waals surface area contributed by atoms with E-state index in [1.54, 1.807) is 6.07 Å². The summed E-state index contributed by atoms with van der Waals surface area (Å²) < 4.78 is 38.0. The molecule has 0 aliphatic heterocycles. The topological polar surface area (TPSA) is 26.0 Å². The van der Waals surface area contributed by atoms with E-state index in [4.69, 9.17) is 5.73 Å². The Bertz CT molecular complexity index is 446. The van der Waals surface area contributed by atoms with Crippen LogP contribution in [0.3, 0.4) is 0 Å². The molecule has 0 bridgehead atoms. The molecule has 0 spiro atoms. The number of benzene rings is 1. The van der Waals surface area contributed by atoms with Crippen LogP contribution in [0, 0.1) is 0 Å². The van der Waals surface area contributed by atoms with Crippen molar-refractivity contribution < 1.29 is 13.2 Å². The van der Waals surface area contributed by atoms with Gasteiger partial charge in [-0.15, -0.1) is 0 Å². The van der Waals surface area contributed by atoms with Gasteiger partial charge in [-0.3, -0.25) is 0 Å². The highest BCUT2D eigenvalue weighted by atomic mass is 19.4. The Hall–Kier alpha value is -1.03. The summed E-state index contributed by atoms with van der Waals surface area (Å²) in [7, 11) is 0. The zero-order valence-corrected chi connectivity index (χ0v) is 8.64. The third-order valence-electron chi connectivity index (χ3n) is 3.82. The van der Waals surface area contributed by atoms with Gasteiger partial charge in [0, 0.05) is 11.5 Å². The summed E-state index contributed by atoms with van der Waals surface area (Å²) in [5, 5.41) is 0. The Balaban J connectivity index is 2.00. The molecule has 1 saturated carbocycles. The van der Waals surface area contributed by atoms with E-state index < -0.39 is 11.7 Å². The molecule has 1 atom stereocenters. The first-order valence-electron chi connectivity index (χ1n) is 5.40. The standard InChI is InChI=1S/C12H12F3N/c13-12(14,15)9-3-1-2-7-8(9)6-10(7)11(16)4-5-11/h1-3,10H,4-6,16H2. The molecule has 0 radical (unpaired) electrons. The van der Waals surface area contributed by atoms with Crippen molar-refractivity contribution in [1.29, 1.82) is 0 Å². The average molecular weight is 227 g/mol. The van der Waals surface area contributed by atoms with Crippen molar-refractivity contribution in [3.05, 3.63) is 34.9 Å². The van der Waals surface area contributed by atoms with Gasteiger partial charge in [0.2, 0.25) is 0 Å². The van der Waals surface area contributed by atoms with Gasteiger partial charge < -0.3 is 5.73 Å². The van der Waals surface area contributed by atoms with Crippen LogP contribution in [0.4, 0.5) is 13.2 Å². The van der Waals surface area contributed by atoms with E-state index in [0.717, 1.165) is 24.5 Å². The minimum Gasteiger partial charge on any atom is -0.325 e. The maximum absolute atomic E-state index is 12.7. The summed E-state index contributed by atoms with van der Waals surface area (Å²) in [5.74, 6) is 0.143. The average Bonchev–Trinajstić information content (AvgIpc) is 2.84. The second-order valence-corrected chi connectivity index (χ2v) is 4.86. The summed E-state index contributed by atoms with van der Waals surface area (Å²) in [6.45, 7) is 0. The Morgan fingerprint density at radius 2 is 1.94 bits per heavy atom. The number of nitrogens with two attached hydrogens (primary N) is 1. The van der Waals surface area contributed by atoms with Gasteiger partial charge in [0.1, 0.15) is 0 Å². The fourth-order valence-corrected chi connectivity index (χ4v) is 2.61. The van der Waals surface area contributed by atoms with Crippen molar-refractivity contribution in [3.8, 4) is 0 Å². The summed E-state index contributed by atoms with van der Waals surface area (Å²) in [6.07, 6.45) is -1.87. The second kappa shape index (κ2) is 2.80. The largest absolute Gasteiger partial charge is 0.416 e. The van der Waals surface area contributed by atoms with Gasteiger partial charge in [0.25, 0.3) is 0 Å². The number of hydrogen-bond acceptors (Lipinski definition) is 1. The van der Waals surface area contributed by atoms with Crippen molar-refractivity contribution in [2.75, 3.05) is 0 Å². The lowest BCUT2D eigenvalue weighted by Gasteiger charge is -2.37. The predicted octanol–water partition coefficient (Wildman–Crippen LogP) is 2.84. The molecular weight excluding hydrogens is 215 g/mol. The maximum Gasteiger partial charge on any atom is 0.416 e. The number of rotatable bonds is 1. The molecule has 16 heavy (non-hydrogen) atoms. The van der Waals surface area contributed by atoms with Gasteiger partial charge in [-0.25, -0.2) is 0 Å². The normalized spacial score (nSPS) is 25.9. The number of halogens is 3. The third kappa shape index (κ3) is 1.29. The van der Waals surface area contributed by atoms with Gasteiger partial charge in [0.15, 0.2) is 0 Å². The maximum atomic E-state index is 12.7. The van der Waals surface area contributed by atoms with Crippen molar-refractivity contribution >= 4 is 0 Å². The molecule has 1 aromatic rings. The molecule has 0 amide bonds. The molecule has 1 aromatic carbocycles. The highest BCUT2D eigenvalue weighted by molar-refractivity contribution is 5.50. The molecule has 3 rings (SSSR count). The minimum absolute atomic E-state index is 0.143. The van der Waals surface area contributed by atoms with Gasteiger partial charge in [-0.05, 0) is 36.5 Å². The SMILES string of the molecule is NC1(C2Cc3c2cccc3C(F)(F)F)CC1. The van der Waals surface area contributed by atoms with E-state index >= 15 is 0 Å². The quantitative estimate of drug-likeness (QED) is 0.784. The zero-order chi connectivity index (χ0) is 11.6. The molecular formula is C12H12F3N. The lowest BCUT2D eigenvalue weighted by atomic mass is 9.70. The molecule has 0 heterocycles. The molecule has 1 unspecified atom stereocenters. The molecule has 2 aliphatic rings. The van der Waals surface area contributed by atoms with Crippen LogP contribution >= 0.6 is 0 Å². The highest BCUT2D eigenvalue weighted by Crippen LogP contribution is 2.54. The number of hydrogen-bond donors (Lipinski definition) is 1. The van der Waals surface area contributed by atoms with E-state index in [9.17, 15) is 13.2 Å². The van der Waals surface area contributed by atoms with E-state index in [1.165, 1.54) is 6.07 Å². The van der Waals surface area contributed by atoms with Gasteiger partial charge in [-0.2, -0.15) is 13.2 Å². The fraction of sp³-hybridized carbons (Fsp3) is 0.500. The summed E-state index contributed by atoms with van der Waals surface area (Å²) in [4.78, 5) is 0. The monoisotopic (exact) mass is 227 g/mol. The van der Waals surface area contributed by atoms with Crippen LogP contribution in [-0.2, 0) is 12.6 Å². The van der Waals surface area contributed by atoms with Gasteiger partial charge in [0.05, 0.1) is 5.56 Å². The summed E-state index contributed by atoms with van der Waals surface area (Å²) in [5.41, 5.74) is 6.62. The molecule has 0 aromatic heterocycles. The van der Waals surface area contributed by atoms with E-state index in [-0.39, 0.29) is 11.5 Å². The fourth-order valence-electron chi connectivity index (χ4n) is 2.61. The van der Waals surface area contributed by atoms with Crippen molar-refractivity contribution in [3.63, 3.8) is 0 Å². The molecule has 2 aliphatic carbocycles. The molecule has 2 N–H and O–H groups in total. The van der Waals surface area contributed by atoms with Crippen LogP contribution < -0.4 is 5.73 Å². The lowest BCUT2D eigenvalue weighted by Crippen LogP contribution is -2.38. The number of alkyl halides is 3. The minimum atomic E-state index is -4.23. The van der Waals surface area contributed by atoms with Crippen molar-refractivity contribution in [2.45, 2.75) is 36.9 Å². The van der Waals surface area contributed by atoms with Crippen LogP contribution in [0.15, 0.2) is 18.2 Å². The molecule has 4 heteroatoms. The first kappa shape index (κ1) is 10.1. The summed E-state index contributed by atoms with van der Waals surface area (Å²) >= 11 is 0. The summed E-state index contributed by atoms with van der Waals surface area (Å²) in [6, 6.07) is 4.43. The van der Waals surface area contributed by atoms with Crippen LogP contribution in [0.5, 0.6) is 0 Å². The van der Waals surface area contributed by atoms with Gasteiger partial charge in [-0.1, -0.05) is 12.1 Å². The molecule has 86 valence electrons. The van der Waals surface area contributed by atoms with E-state index in [1.807, 2.05) is 0 Å². The van der Waals surface area contributed by atoms with Crippen LogP contribution in [0.1, 0.15) is 35.4 Å². The predicted molar refractivity (Wildman–Crippen MR) is 54.0 cm³/mol. The second-order valence-electron chi connectivity index (χ2n) is 4.86. The van der Waals surface area contributed by atoms with Crippen LogP contribution in [-0.4, -0.2) is 5.54 Å². The van der Waals surface area contributed by atoms with Gasteiger partial charge >= 0.3 is 6.18 Å². The van der Waals surface area contributed by atoms with Crippen LogP contribution in [0.2, 0.25) is 0 Å². The van der Waals surface area contributed by atoms with Crippen LogP contribution in [0.25, 0.3) is 0 Å². The molecule has 1 nitrogen and oxygen atoms in total. The zero-order valence-electron chi connectivity index (χ0n) is 8.64. The first-order valence-corrected chi connectivity index (χ1v) is 5.40. The molecule has 0 saturated heterocycles. The lowest BCUT2D eigenvalue weighted by molar-refractivity contribution is -0.138. The highest BCUT2D eigenvalue weighted by Gasteiger charge is 2.52. The van der Waals surface area contributed by atoms with Crippen molar-refractivity contribution in [1.82, 2.24) is 0 Å². The third-order valence-corrected chi connectivity index (χ3v) is 3.82. The number of fused-ring (bicyclic) bond motifs is 1. The Kier molecular flexibility index (Phi) is 1.78. The van der Waals surface area contributed by atoms with E-state index in [0.29, 0.717) is 12.0 Å². The Morgan fingerprint density at radius 3 is 2.50 bits per heavy atom.